The van der Waals surface area contributed by atoms with Gasteiger partial charge in [-0.3, -0.25) is 14.2 Å². The number of fused-ring (bicyclic) bond motifs is 1. The lowest BCUT2D eigenvalue weighted by Gasteiger charge is -2.15. The summed E-state index contributed by atoms with van der Waals surface area (Å²) in [4.78, 5) is 28.8. The number of rotatable bonds is 5. The van der Waals surface area contributed by atoms with E-state index in [4.69, 9.17) is 5.73 Å². The van der Waals surface area contributed by atoms with Crippen molar-refractivity contribution in [3.8, 4) is 5.69 Å². The molecule has 3 rings (SSSR count). The number of thioether (sulfide) groups is 1. The van der Waals surface area contributed by atoms with Crippen molar-refractivity contribution < 1.29 is 4.79 Å². The first kappa shape index (κ1) is 17.2. The van der Waals surface area contributed by atoms with E-state index in [-0.39, 0.29) is 17.9 Å². The normalized spacial score (nSPS) is 11.0. The smallest absolute Gasteiger partial charge is 0.266 e. The summed E-state index contributed by atoms with van der Waals surface area (Å²) in [5.74, 6) is 0.110. The van der Waals surface area contributed by atoms with Crippen LogP contribution in [0.5, 0.6) is 0 Å². The maximum atomic E-state index is 13.1. The number of amides is 1. The molecule has 0 radical (unpaired) electrons. The van der Waals surface area contributed by atoms with Crippen LogP contribution in [0.15, 0.2) is 52.4 Å². The van der Waals surface area contributed by atoms with Crippen LogP contribution in [0.4, 0.5) is 0 Å². The lowest BCUT2D eigenvalue weighted by Crippen LogP contribution is -2.23. The molecule has 1 aromatic heterocycles. The first-order valence-electron chi connectivity index (χ1n) is 7.98. The van der Waals surface area contributed by atoms with Crippen LogP contribution in [-0.2, 0) is 4.79 Å². The molecule has 0 atom stereocenters. The number of hydrogen-bond acceptors (Lipinski definition) is 4. The minimum absolute atomic E-state index is 0.112. The number of hydrogen-bond donors (Lipinski definition) is 1. The van der Waals surface area contributed by atoms with Crippen molar-refractivity contribution in [3.05, 3.63) is 63.9 Å². The van der Waals surface area contributed by atoms with E-state index in [0.29, 0.717) is 21.8 Å². The van der Waals surface area contributed by atoms with Crippen LogP contribution in [0, 0.1) is 13.8 Å². The SMILES string of the molecule is Cc1ccc(-n2c(SCCC(N)=O)nc3ccccc3c2=O)c(C)c1. The van der Waals surface area contributed by atoms with Gasteiger partial charge in [-0.15, -0.1) is 0 Å². The van der Waals surface area contributed by atoms with Crippen molar-refractivity contribution in [1.82, 2.24) is 9.55 Å². The Hall–Kier alpha value is -2.60. The molecule has 6 heteroatoms. The van der Waals surface area contributed by atoms with Gasteiger partial charge in [-0.2, -0.15) is 0 Å². The number of para-hydroxylation sites is 1. The number of primary amides is 1. The van der Waals surface area contributed by atoms with Crippen molar-refractivity contribution in [2.45, 2.75) is 25.4 Å². The number of aryl methyl sites for hydroxylation is 2. The molecule has 3 aromatic rings. The maximum absolute atomic E-state index is 13.1. The predicted octanol–water partition coefficient (Wildman–Crippen LogP) is 2.97. The third-order valence-corrected chi connectivity index (χ3v) is 4.86. The van der Waals surface area contributed by atoms with Gasteiger partial charge in [-0.25, -0.2) is 4.98 Å². The number of carbonyl (C=O) groups is 1. The summed E-state index contributed by atoms with van der Waals surface area (Å²) in [5.41, 5.74) is 8.69. The van der Waals surface area contributed by atoms with Crippen LogP contribution in [-0.4, -0.2) is 21.2 Å². The van der Waals surface area contributed by atoms with Crippen LogP contribution < -0.4 is 11.3 Å². The Balaban J connectivity index is 2.21. The molecule has 0 saturated carbocycles. The fourth-order valence-electron chi connectivity index (χ4n) is 2.72. The molecular formula is C19H19N3O2S. The van der Waals surface area contributed by atoms with Crippen LogP contribution >= 0.6 is 11.8 Å². The van der Waals surface area contributed by atoms with Gasteiger partial charge >= 0.3 is 0 Å². The monoisotopic (exact) mass is 353 g/mol. The fourth-order valence-corrected chi connectivity index (χ4v) is 3.68. The minimum atomic E-state index is -0.367. The molecule has 25 heavy (non-hydrogen) atoms. The molecule has 1 amide bonds. The van der Waals surface area contributed by atoms with Crippen LogP contribution in [0.1, 0.15) is 17.5 Å². The van der Waals surface area contributed by atoms with Crippen LogP contribution in [0.3, 0.4) is 0 Å². The largest absolute Gasteiger partial charge is 0.370 e. The second-order valence-electron chi connectivity index (χ2n) is 5.91. The Morgan fingerprint density at radius 3 is 2.68 bits per heavy atom. The molecule has 1 heterocycles. The lowest BCUT2D eigenvalue weighted by molar-refractivity contribution is -0.117. The summed E-state index contributed by atoms with van der Waals surface area (Å²) in [7, 11) is 0. The number of nitrogens with zero attached hydrogens (tertiary/aromatic N) is 2. The highest BCUT2D eigenvalue weighted by atomic mass is 32.2. The molecule has 0 unspecified atom stereocenters. The van der Waals surface area contributed by atoms with E-state index < -0.39 is 0 Å². The van der Waals surface area contributed by atoms with E-state index in [1.54, 1.807) is 10.6 Å². The number of nitrogens with two attached hydrogens (primary N) is 1. The topological polar surface area (TPSA) is 78.0 Å². The third kappa shape index (κ3) is 3.58. The average molecular weight is 353 g/mol. The first-order chi connectivity index (χ1) is 12.0. The Kier molecular flexibility index (Phi) is 4.90. The highest BCUT2D eigenvalue weighted by molar-refractivity contribution is 7.99. The summed E-state index contributed by atoms with van der Waals surface area (Å²) in [6.07, 6.45) is 0.236. The van der Waals surface area contributed by atoms with E-state index in [9.17, 15) is 9.59 Å². The van der Waals surface area contributed by atoms with Gasteiger partial charge in [0.15, 0.2) is 5.16 Å². The molecule has 0 aliphatic carbocycles. The van der Waals surface area contributed by atoms with Crippen molar-refractivity contribution in [3.63, 3.8) is 0 Å². The molecule has 0 spiro atoms. The van der Waals surface area contributed by atoms with Gasteiger partial charge in [0.2, 0.25) is 5.91 Å². The Bertz CT molecular complexity index is 1010. The lowest BCUT2D eigenvalue weighted by atomic mass is 10.1. The summed E-state index contributed by atoms with van der Waals surface area (Å²) < 4.78 is 1.63. The maximum Gasteiger partial charge on any atom is 0.266 e. The zero-order chi connectivity index (χ0) is 18.0. The van der Waals surface area contributed by atoms with E-state index >= 15 is 0 Å². The number of carbonyl (C=O) groups excluding carboxylic acids is 1. The second kappa shape index (κ2) is 7.11. The molecule has 0 saturated heterocycles. The van der Waals surface area contributed by atoms with Gasteiger partial charge in [0, 0.05) is 12.2 Å². The predicted molar refractivity (Wildman–Crippen MR) is 101 cm³/mol. The van der Waals surface area contributed by atoms with Gasteiger partial charge in [-0.1, -0.05) is 41.6 Å². The third-order valence-electron chi connectivity index (χ3n) is 3.92. The van der Waals surface area contributed by atoms with Crippen LogP contribution in [0.25, 0.3) is 16.6 Å². The van der Waals surface area contributed by atoms with Gasteiger partial charge in [0.1, 0.15) is 0 Å². The summed E-state index contributed by atoms with van der Waals surface area (Å²) in [6.45, 7) is 3.99. The molecular weight excluding hydrogens is 334 g/mol. The highest BCUT2D eigenvalue weighted by Gasteiger charge is 2.15. The summed E-state index contributed by atoms with van der Waals surface area (Å²) in [5, 5.41) is 1.14. The number of benzene rings is 2. The van der Waals surface area contributed by atoms with E-state index in [0.717, 1.165) is 16.8 Å². The summed E-state index contributed by atoms with van der Waals surface area (Å²) in [6, 6.07) is 13.2. The molecule has 0 fully saturated rings. The molecule has 5 nitrogen and oxygen atoms in total. The Morgan fingerprint density at radius 1 is 1.20 bits per heavy atom. The van der Waals surface area contributed by atoms with Gasteiger partial charge in [0.05, 0.1) is 16.6 Å². The highest BCUT2D eigenvalue weighted by Crippen LogP contribution is 2.24. The molecule has 0 aliphatic rings. The van der Waals surface area contributed by atoms with E-state index in [1.807, 2.05) is 50.2 Å². The average Bonchev–Trinajstić information content (AvgIpc) is 2.56. The molecule has 2 aromatic carbocycles. The summed E-state index contributed by atoms with van der Waals surface area (Å²) >= 11 is 1.36. The van der Waals surface area contributed by atoms with E-state index in [1.165, 1.54) is 11.8 Å². The molecule has 0 aliphatic heterocycles. The van der Waals surface area contributed by atoms with Crippen molar-refractivity contribution >= 4 is 28.6 Å². The quantitative estimate of drug-likeness (QED) is 0.565. The van der Waals surface area contributed by atoms with Gasteiger partial charge < -0.3 is 5.73 Å². The number of aromatic nitrogens is 2. The van der Waals surface area contributed by atoms with Crippen molar-refractivity contribution in [1.29, 1.82) is 0 Å². The van der Waals surface area contributed by atoms with E-state index in [2.05, 4.69) is 4.98 Å². The van der Waals surface area contributed by atoms with Crippen molar-refractivity contribution in [2.75, 3.05) is 5.75 Å². The Morgan fingerprint density at radius 2 is 1.96 bits per heavy atom. The molecule has 128 valence electrons. The molecule has 0 bridgehead atoms. The zero-order valence-electron chi connectivity index (χ0n) is 14.2. The fraction of sp³-hybridized carbons (Fsp3) is 0.211. The zero-order valence-corrected chi connectivity index (χ0v) is 15.0. The second-order valence-corrected chi connectivity index (χ2v) is 6.97. The minimum Gasteiger partial charge on any atom is -0.370 e. The standard InChI is InChI=1S/C19H19N3O2S/c1-12-7-8-16(13(2)11-12)22-18(24)14-5-3-4-6-15(14)21-19(22)25-10-9-17(20)23/h3-8,11H,9-10H2,1-2H3,(H2,20,23). The van der Waals surface area contributed by atoms with Gasteiger partial charge in [0.25, 0.3) is 5.56 Å². The van der Waals surface area contributed by atoms with Crippen molar-refractivity contribution in [2.24, 2.45) is 5.73 Å². The molecule has 2 N–H and O–H groups in total. The first-order valence-corrected chi connectivity index (χ1v) is 8.96. The van der Waals surface area contributed by atoms with Crippen LogP contribution in [0.2, 0.25) is 0 Å². The van der Waals surface area contributed by atoms with Gasteiger partial charge in [-0.05, 0) is 37.6 Å². The Labute approximate surface area is 149 Å².